The van der Waals surface area contributed by atoms with Gasteiger partial charge in [-0.2, -0.15) is 5.26 Å². The lowest BCUT2D eigenvalue weighted by Gasteiger charge is -2.11. The van der Waals surface area contributed by atoms with Crippen LogP contribution in [0.1, 0.15) is 33.2 Å². The van der Waals surface area contributed by atoms with Gasteiger partial charge in [0.25, 0.3) is 5.91 Å². The summed E-state index contributed by atoms with van der Waals surface area (Å²) in [6.07, 6.45) is 1.33. The van der Waals surface area contributed by atoms with Gasteiger partial charge in [0.15, 0.2) is 11.5 Å². The molecule has 8 nitrogen and oxygen atoms in total. The van der Waals surface area contributed by atoms with Gasteiger partial charge >= 0.3 is 11.9 Å². The average Bonchev–Trinajstić information content (AvgIpc) is 2.88. The number of hydrogen-bond acceptors (Lipinski definition) is 7. The van der Waals surface area contributed by atoms with Gasteiger partial charge in [-0.05, 0) is 67.1 Å². The Bertz CT molecular complexity index is 1360. The minimum absolute atomic E-state index is 0.0348. The van der Waals surface area contributed by atoms with E-state index in [9.17, 15) is 24.0 Å². The van der Waals surface area contributed by atoms with E-state index in [1.165, 1.54) is 73.8 Å². The van der Waals surface area contributed by atoms with E-state index in [-0.39, 0.29) is 29.2 Å². The normalized spacial score (nSPS) is 10.7. The number of nitriles is 1. The molecule has 0 aromatic heterocycles. The number of benzene rings is 3. The molecule has 0 aliphatic heterocycles. The molecule has 0 atom stereocenters. The standard InChI is InChI=1S/C27H21FN2O6/c1-3-35-26(32)18-9-11-20(12-10-18)30-25(31)19(16-29)14-17-8-13-23(24(15-17)34-2)36-27(33)21-6-4-5-7-22(21)28/h4-15H,3H2,1-2H3,(H,30,31)/b19-14+. The highest BCUT2D eigenvalue weighted by atomic mass is 19.1. The number of methoxy groups -OCH3 is 1. The first kappa shape index (κ1) is 25.6. The summed E-state index contributed by atoms with van der Waals surface area (Å²) in [4.78, 5) is 36.7. The number of nitrogens with zero attached hydrogens (tertiary/aromatic N) is 1. The summed E-state index contributed by atoms with van der Waals surface area (Å²) in [6, 6.07) is 17.6. The Balaban J connectivity index is 1.75. The van der Waals surface area contributed by atoms with Gasteiger partial charge < -0.3 is 19.5 Å². The molecule has 3 aromatic carbocycles. The zero-order valence-corrected chi connectivity index (χ0v) is 19.4. The first-order valence-electron chi connectivity index (χ1n) is 10.7. The van der Waals surface area contributed by atoms with Crippen molar-refractivity contribution in [3.63, 3.8) is 0 Å². The van der Waals surface area contributed by atoms with E-state index in [4.69, 9.17) is 14.2 Å². The van der Waals surface area contributed by atoms with Crippen LogP contribution in [0.2, 0.25) is 0 Å². The molecule has 0 bridgehead atoms. The topological polar surface area (TPSA) is 115 Å². The first-order valence-corrected chi connectivity index (χ1v) is 10.7. The third-order valence-corrected chi connectivity index (χ3v) is 4.81. The summed E-state index contributed by atoms with van der Waals surface area (Å²) < 4.78 is 29.3. The fourth-order valence-corrected chi connectivity index (χ4v) is 3.06. The lowest BCUT2D eigenvalue weighted by molar-refractivity contribution is -0.112. The summed E-state index contributed by atoms with van der Waals surface area (Å²) >= 11 is 0. The molecule has 0 fully saturated rings. The molecule has 0 heterocycles. The minimum atomic E-state index is -0.902. The highest BCUT2D eigenvalue weighted by Crippen LogP contribution is 2.30. The molecule has 36 heavy (non-hydrogen) atoms. The maximum Gasteiger partial charge on any atom is 0.346 e. The van der Waals surface area contributed by atoms with E-state index in [1.54, 1.807) is 6.92 Å². The van der Waals surface area contributed by atoms with Crippen molar-refractivity contribution in [2.45, 2.75) is 6.92 Å². The molecule has 0 radical (unpaired) electrons. The van der Waals surface area contributed by atoms with Gasteiger partial charge in [-0.3, -0.25) is 4.79 Å². The van der Waals surface area contributed by atoms with Crippen molar-refractivity contribution in [2.24, 2.45) is 0 Å². The van der Waals surface area contributed by atoms with Crippen LogP contribution in [0.4, 0.5) is 10.1 Å². The predicted octanol–water partition coefficient (Wildman–Crippen LogP) is 4.78. The van der Waals surface area contributed by atoms with Gasteiger partial charge in [0.1, 0.15) is 17.5 Å². The van der Waals surface area contributed by atoms with Crippen molar-refractivity contribution in [1.82, 2.24) is 0 Å². The number of ether oxygens (including phenoxy) is 3. The van der Waals surface area contributed by atoms with Crippen molar-refractivity contribution < 1.29 is 33.0 Å². The van der Waals surface area contributed by atoms with Crippen LogP contribution in [-0.2, 0) is 9.53 Å². The van der Waals surface area contributed by atoms with E-state index >= 15 is 0 Å². The summed E-state index contributed by atoms with van der Waals surface area (Å²) in [5.74, 6) is -2.60. The number of amides is 1. The maximum absolute atomic E-state index is 13.9. The van der Waals surface area contributed by atoms with Crippen LogP contribution < -0.4 is 14.8 Å². The van der Waals surface area contributed by atoms with E-state index in [2.05, 4.69) is 5.32 Å². The zero-order valence-electron chi connectivity index (χ0n) is 19.4. The number of hydrogen-bond donors (Lipinski definition) is 1. The van der Waals surface area contributed by atoms with E-state index in [0.717, 1.165) is 6.07 Å². The Kier molecular flexibility index (Phi) is 8.51. The van der Waals surface area contributed by atoms with Crippen molar-refractivity contribution >= 4 is 29.6 Å². The average molecular weight is 488 g/mol. The van der Waals surface area contributed by atoms with Gasteiger partial charge in [-0.1, -0.05) is 18.2 Å². The van der Waals surface area contributed by atoms with E-state index in [0.29, 0.717) is 16.8 Å². The molecule has 1 N–H and O–H groups in total. The van der Waals surface area contributed by atoms with E-state index in [1.807, 2.05) is 6.07 Å². The number of anilines is 1. The Morgan fingerprint density at radius 2 is 1.72 bits per heavy atom. The van der Waals surface area contributed by atoms with Gasteiger partial charge in [-0.25, -0.2) is 14.0 Å². The van der Waals surface area contributed by atoms with Crippen molar-refractivity contribution in [1.29, 1.82) is 5.26 Å². The highest BCUT2D eigenvalue weighted by Gasteiger charge is 2.17. The molecule has 0 aliphatic carbocycles. The van der Waals surface area contributed by atoms with Crippen LogP contribution >= 0.6 is 0 Å². The lowest BCUT2D eigenvalue weighted by Crippen LogP contribution is -2.14. The monoisotopic (exact) mass is 488 g/mol. The number of carbonyl (C=O) groups is 3. The van der Waals surface area contributed by atoms with Crippen LogP contribution in [0.3, 0.4) is 0 Å². The zero-order chi connectivity index (χ0) is 26.1. The summed E-state index contributed by atoms with van der Waals surface area (Å²) in [6.45, 7) is 1.94. The van der Waals surface area contributed by atoms with Crippen LogP contribution in [0.15, 0.2) is 72.3 Å². The van der Waals surface area contributed by atoms with Gasteiger partial charge in [0.05, 0.1) is 24.8 Å². The second-order valence-corrected chi connectivity index (χ2v) is 7.20. The molecule has 0 unspecified atom stereocenters. The van der Waals surface area contributed by atoms with Crippen LogP contribution in [0.5, 0.6) is 11.5 Å². The third-order valence-electron chi connectivity index (χ3n) is 4.81. The van der Waals surface area contributed by atoms with Crippen molar-refractivity contribution in [2.75, 3.05) is 19.0 Å². The van der Waals surface area contributed by atoms with Gasteiger partial charge in [0, 0.05) is 5.69 Å². The quantitative estimate of drug-likeness (QED) is 0.210. The van der Waals surface area contributed by atoms with Crippen molar-refractivity contribution in [3.8, 4) is 17.6 Å². The predicted molar refractivity (Wildman–Crippen MR) is 129 cm³/mol. The molecule has 9 heteroatoms. The van der Waals surface area contributed by atoms with Gasteiger partial charge in [0.2, 0.25) is 0 Å². The number of halogens is 1. The Morgan fingerprint density at radius 1 is 1.00 bits per heavy atom. The summed E-state index contributed by atoms with van der Waals surface area (Å²) in [5.41, 5.74) is 0.683. The second kappa shape index (κ2) is 11.9. The largest absolute Gasteiger partial charge is 0.493 e. The molecule has 3 rings (SSSR count). The molecule has 182 valence electrons. The molecule has 1 amide bonds. The Hall–Kier alpha value is -4.97. The Labute approximate surface area is 206 Å². The second-order valence-electron chi connectivity index (χ2n) is 7.20. The summed E-state index contributed by atoms with van der Waals surface area (Å²) in [5, 5.41) is 12.1. The molecule has 0 aliphatic rings. The molecular formula is C27H21FN2O6. The van der Waals surface area contributed by atoms with Crippen molar-refractivity contribution in [3.05, 3.63) is 94.8 Å². The first-order chi connectivity index (χ1) is 17.4. The fourth-order valence-electron chi connectivity index (χ4n) is 3.06. The molecule has 0 saturated carbocycles. The number of rotatable bonds is 8. The molecule has 0 saturated heterocycles. The third kappa shape index (κ3) is 6.33. The number of esters is 2. The van der Waals surface area contributed by atoms with Crippen LogP contribution in [0, 0.1) is 17.1 Å². The maximum atomic E-state index is 13.9. The lowest BCUT2D eigenvalue weighted by atomic mass is 10.1. The summed E-state index contributed by atoms with van der Waals surface area (Å²) in [7, 11) is 1.35. The number of carbonyl (C=O) groups excluding carboxylic acids is 3. The Morgan fingerprint density at radius 3 is 2.36 bits per heavy atom. The fraction of sp³-hybridized carbons (Fsp3) is 0.111. The van der Waals surface area contributed by atoms with Crippen LogP contribution in [-0.4, -0.2) is 31.6 Å². The minimum Gasteiger partial charge on any atom is -0.493 e. The molecular weight excluding hydrogens is 467 g/mol. The smallest absolute Gasteiger partial charge is 0.346 e. The SMILES string of the molecule is CCOC(=O)c1ccc(NC(=O)/C(C#N)=C/c2ccc(OC(=O)c3ccccc3F)c(OC)c2)cc1. The van der Waals surface area contributed by atoms with Crippen LogP contribution in [0.25, 0.3) is 6.08 Å². The molecule has 3 aromatic rings. The van der Waals surface area contributed by atoms with Gasteiger partial charge in [-0.15, -0.1) is 0 Å². The van der Waals surface area contributed by atoms with E-state index < -0.39 is 23.7 Å². The number of nitrogens with one attached hydrogen (secondary N) is 1. The molecule has 0 spiro atoms. The highest BCUT2D eigenvalue weighted by molar-refractivity contribution is 6.09.